The first kappa shape index (κ1) is 20.6. The summed E-state index contributed by atoms with van der Waals surface area (Å²) in [7, 11) is 0. The number of nitrogens with one attached hydrogen (secondary N) is 1. The maximum absolute atomic E-state index is 11.8. The third kappa shape index (κ3) is 6.20. The minimum atomic E-state index is -0.549. The molecule has 1 aromatic rings. The van der Waals surface area contributed by atoms with Crippen LogP contribution in [0, 0.1) is 0 Å². The molecule has 30 heavy (non-hydrogen) atoms. The number of rotatable bonds is 1. The summed E-state index contributed by atoms with van der Waals surface area (Å²) in [4.78, 5) is 21.0. The van der Waals surface area contributed by atoms with E-state index >= 15 is 0 Å². The van der Waals surface area contributed by atoms with Crippen LogP contribution in [0.2, 0.25) is 0 Å². The van der Waals surface area contributed by atoms with Crippen LogP contribution < -0.4 is 11.1 Å². The van der Waals surface area contributed by atoms with Gasteiger partial charge in [0.05, 0.1) is 11.5 Å². The van der Waals surface area contributed by atoms with Crippen molar-refractivity contribution in [1.82, 2.24) is 0 Å². The molecule has 0 saturated carbocycles. The maximum Gasteiger partial charge on any atom is 0.248 e. The lowest BCUT2D eigenvalue weighted by atomic mass is 9.94. The lowest BCUT2D eigenvalue weighted by Gasteiger charge is -2.22. The molecule has 3 rings (SSSR count). The summed E-state index contributed by atoms with van der Waals surface area (Å²) in [5.41, 5.74) is 10.2. The largest absolute Gasteiger partial charge is 0.366 e. The van der Waals surface area contributed by atoms with E-state index < -0.39 is 5.91 Å². The van der Waals surface area contributed by atoms with E-state index in [2.05, 4.69) is 32.8 Å². The van der Waals surface area contributed by atoms with E-state index in [-0.39, 0.29) is 0 Å². The number of carbonyl (C=O) groups is 1. The summed E-state index contributed by atoms with van der Waals surface area (Å²) >= 11 is 0. The summed E-state index contributed by atoms with van der Waals surface area (Å²) in [6.45, 7) is 0. The molecule has 1 aromatic carbocycles. The number of amides is 1. The number of para-hydroxylation sites is 1. The van der Waals surface area contributed by atoms with Gasteiger partial charge in [0.15, 0.2) is 0 Å². The highest BCUT2D eigenvalue weighted by Crippen LogP contribution is 2.30. The summed E-state index contributed by atoms with van der Waals surface area (Å²) in [6.07, 6.45) is 20.3. The fourth-order valence-electron chi connectivity index (χ4n) is 2.86. The third-order valence-corrected chi connectivity index (χ3v) is 4.31. The molecule has 7 nitrogen and oxygen atoms in total. The van der Waals surface area contributed by atoms with E-state index in [4.69, 9.17) is 10.6 Å². The van der Waals surface area contributed by atoms with Crippen molar-refractivity contribution in [3.8, 4) is 0 Å². The predicted octanol–water partition coefficient (Wildman–Crippen LogP) is 4.74. The zero-order valence-electron chi connectivity index (χ0n) is 16.3. The van der Waals surface area contributed by atoms with E-state index in [1.807, 2.05) is 36.4 Å². The van der Waals surface area contributed by atoms with Crippen molar-refractivity contribution in [1.29, 1.82) is 0 Å². The van der Waals surface area contributed by atoms with Gasteiger partial charge in [0, 0.05) is 17.0 Å². The highest BCUT2D eigenvalue weighted by Gasteiger charge is 2.15. The van der Waals surface area contributed by atoms with Gasteiger partial charge in [0.1, 0.15) is 6.26 Å². The van der Waals surface area contributed by atoms with Crippen molar-refractivity contribution in [2.45, 2.75) is 12.8 Å². The summed E-state index contributed by atoms with van der Waals surface area (Å²) in [5.74, 6) is -0.549. The highest BCUT2D eigenvalue weighted by atomic mass is 17.3. The molecular formula is C23H22N4O3. The molecule has 0 fully saturated rings. The average molecular weight is 402 g/mol. The lowest BCUT2D eigenvalue weighted by molar-refractivity contribution is -0.256. The number of allylic oxidation sites excluding steroid dienone is 9. The SMILES string of the molecule is NC(=O)C1=C/C=C\N=NOO/C=C/C=C/C=C\CC2=C(C=C1)Nc1ccccc1C2. The molecule has 1 amide bonds. The molecule has 2 heterocycles. The Balaban J connectivity index is 1.93. The summed E-state index contributed by atoms with van der Waals surface area (Å²) in [6, 6.07) is 8.16. The van der Waals surface area contributed by atoms with Crippen molar-refractivity contribution >= 4 is 11.6 Å². The Morgan fingerprint density at radius 2 is 1.93 bits per heavy atom. The molecule has 0 aromatic heterocycles. The molecule has 0 bridgehead atoms. The number of anilines is 1. The number of hydrogen-bond donors (Lipinski definition) is 2. The molecule has 2 aliphatic rings. The normalized spacial score (nSPS) is 21.0. The summed E-state index contributed by atoms with van der Waals surface area (Å²) < 4.78 is 0. The van der Waals surface area contributed by atoms with Gasteiger partial charge in [-0.2, -0.15) is 0 Å². The molecular weight excluding hydrogens is 380 g/mol. The molecule has 0 atom stereocenters. The van der Waals surface area contributed by atoms with Gasteiger partial charge in [-0.1, -0.05) is 42.5 Å². The lowest BCUT2D eigenvalue weighted by Crippen LogP contribution is -2.14. The Morgan fingerprint density at radius 1 is 1.07 bits per heavy atom. The first-order valence-electron chi connectivity index (χ1n) is 9.36. The van der Waals surface area contributed by atoms with Gasteiger partial charge in [-0.15, -0.1) is 10.1 Å². The molecule has 7 heteroatoms. The molecule has 152 valence electrons. The Hall–Kier alpha value is -4.13. The molecule has 0 radical (unpaired) electrons. The number of fused-ring (bicyclic) bond motifs is 1. The smallest absolute Gasteiger partial charge is 0.248 e. The molecule has 0 saturated heterocycles. The van der Waals surface area contributed by atoms with Crippen LogP contribution in [0.15, 0.2) is 119 Å². The van der Waals surface area contributed by atoms with E-state index in [0.717, 1.165) is 24.2 Å². The number of benzene rings is 1. The van der Waals surface area contributed by atoms with Gasteiger partial charge >= 0.3 is 0 Å². The number of primary amides is 1. The number of hydrogen-bond acceptors (Lipinski definition) is 6. The average Bonchev–Trinajstić information content (AvgIpc) is 2.75. The zero-order valence-corrected chi connectivity index (χ0v) is 16.3. The quantitative estimate of drug-likeness (QED) is 0.663. The second-order valence-corrected chi connectivity index (χ2v) is 6.35. The Bertz CT molecular complexity index is 1010. The fourth-order valence-corrected chi connectivity index (χ4v) is 2.86. The van der Waals surface area contributed by atoms with Crippen LogP contribution in [0.25, 0.3) is 0 Å². The van der Waals surface area contributed by atoms with Crippen molar-refractivity contribution in [2.24, 2.45) is 16.1 Å². The Labute approximate surface area is 174 Å². The van der Waals surface area contributed by atoms with Crippen molar-refractivity contribution in [2.75, 3.05) is 5.32 Å². The van der Waals surface area contributed by atoms with Crippen LogP contribution in [0.5, 0.6) is 0 Å². The third-order valence-electron chi connectivity index (χ3n) is 4.31. The van der Waals surface area contributed by atoms with Gasteiger partial charge in [-0.05, 0) is 60.4 Å². The molecule has 3 N–H and O–H groups in total. The maximum atomic E-state index is 11.8. The minimum absolute atomic E-state index is 0.324. The molecule has 2 aliphatic heterocycles. The van der Waals surface area contributed by atoms with Gasteiger partial charge in [-0.3, -0.25) is 9.68 Å². The van der Waals surface area contributed by atoms with E-state index in [1.165, 1.54) is 29.7 Å². The second-order valence-electron chi connectivity index (χ2n) is 6.35. The Morgan fingerprint density at radius 3 is 2.83 bits per heavy atom. The van der Waals surface area contributed by atoms with E-state index in [1.54, 1.807) is 24.3 Å². The standard InChI is InChI=1S/C23H22N4O3/c24-23(28)18-11-8-15-25-27-30-29-16-7-3-1-2-4-9-20-17-19-10-5-6-12-21(19)26-22(20)14-13-18/h1-8,10-16,26H,9,17H2,(H2,24,28)/b3-1+,4-2-,14-13?,15-8-,16-7+,18-11?,27-25?. The van der Waals surface area contributed by atoms with Crippen molar-refractivity contribution in [3.05, 3.63) is 114 Å². The van der Waals surface area contributed by atoms with E-state index in [0.29, 0.717) is 5.57 Å². The Kier molecular flexibility index (Phi) is 7.56. The molecule has 0 aliphatic carbocycles. The number of nitrogens with zero attached hydrogens (tertiary/aromatic N) is 2. The molecule has 0 unspecified atom stereocenters. The second kappa shape index (κ2) is 11.0. The van der Waals surface area contributed by atoms with Gasteiger partial charge in [0.25, 0.3) is 0 Å². The number of carbonyl (C=O) groups excluding carboxylic acids is 1. The van der Waals surface area contributed by atoms with E-state index in [9.17, 15) is 4.79 Å². The summed E-state index contributed by atoms with van der Waals surface area (Å²) in [5, 5.41) is 10.4. The van der Waals surface area contributed by atoms with Crippen LogP contribution in [0.4, 0.5) is 5.69 Å². The fraction of sp³-hybridized carbons (Fsp3) is 0.0870. The van der Waals surface area contributed by atoms with Crippen LogP contribution >= 0.6 is 0 Å². The van der Waals surface area contributed by atoms with Crippen molar-refractivity contribution in [3.63, 3.8) is 0 Å². The zero-order chi connectivity index (χ0) is 21.0. The minimum Gasteiger partial charge on any atom is -0.366 e. The first-order valence-corrected chi connectivity index (χ1v) is 9.36. The van der Waals surface area contributed by atoms with Gasteiger partial charge < -0.3 is 11.1 Å². The topological polar surface area (TPSA) is 98.3 Å². The first-order chi connectivity index (χ1) is 14.7. The van der Waals surface area contributed by atoms with Gasteiger partial charge in [-0.25, -0.2) is 0 Å². The van der Waals surface area contributed by atoms with Crippen LogP contribution in [-0.2, 0) is 21.1 Å². The van der Waals surface area contributed by atoms with Crippen LogP contribution in [0.3, 0.4) is 0 Å². The number of nitrogens with two attached hydrogens (primary N) is 1. The van der Waals surface area contributed by atoms with Crippen LogP contribution in [0.1, 0.15) is 12.0 Å². The van der Waals surface area contributed by atoms with Gasteiger partial charge in [0.2, 0.25) is 5.91 Å². The monoisotopic (exact) mass is 402 g/mol. The molecule has 0 spiro atoms. The highest BCUT2D eigenvalue weighted by molar-refractivity contribution is 5.95. The van der Waals surface area contributed by atoms with Crippen LogP contribution in [-0.4, -0.2) is 5.91 Å². The predicted molar refractivity (Wildman–Crippen MR) is 115 cm³/mol. The van der Waals surface area contributed by atoms with Crippen molar-refractivity contribution < 1.29 is 14.7 Å².